The molecule has 2 atom stereocenters. The van der Waals surface area contributed by atoms with Crippen molar-refractivity contribution in [3.8, 4) is 11.5 Å². The largest absolute Gasteiger partial charge is 0.493 e. The van der Waals surface area contributed by atoms with Crippen LogP contribution in [0.15, 0.2) is 18.2 Å². The number of amides is 1. The van der Waals surface area contributed by atoms with E-state index < -0.39 is 0 Å². The van der Waals surface area contributed by atoms with Crippen LogP contribution in [0.3, 0.4) is 0 Å². The number of hydrogen-bond donors (Lipinski definition) is 1. The Morgan fingerprint density at radius 2 is 1.92 bits per heavy atom. The standard InChI is InChI=1S/C20H32N2O3/c1-15-7-5-6-8-17(15)21-20(23)14-22(2)12-11-16-9-10-18(24-3)19(13-16)25-4/h9-10,13,15,17H,5-8,11-12,14H2,1-4H3,(H,21,23)/t15-,17-/m1/s1. The second kappa shape index (κ2) is 9.66. The Morgan fingerprint density at radius 3 is 2.60 bits per heavy atom. The second-order valence-electron chi connectivity index (χ2n) is 7.11. The highest BCUT2D eigenvalue weighted by Crippen LogP contribution is 2.27. The zero-order chi connectivity index (χ0) is 18.2. The van der Waals surface area contributed by atoms with Gasteiger partial charge in [0.15, 0.2) is 11.5 Å². The van der Waals surface area contributed by atoms with Crippen LogP contribution >= 0.6 is 0 Å². The lowest BCUT2D eigenvalue weighted by atomic mass is 9.86. The van der Waals surface area contributed by atoms with E-state index in [-0.39, 0.29) is 5.91 Å². The van der Waals surface area contributed by atoms with Gasteiger partial charge in [0, 0.05) is 12.6 Å². The van der Waals surface area contributed by atoms with Gasteiger partial charge in [-0.3, -0.25) is 9.69 Å². The van der Waals surface area contributed by atoms with Gasteiger partial charge < -0.3 is 14.8 Å². The number of carbonyl (C=O) groups excluding carboxylic acids is 1. The maximum absolute atomic E-state index is 12.3. The first-order chi connectivity index (χ1) is 12.0. The van der Waals surface area contributed by atoms with E-state index in [0.29, 0.717) is 18.5 Å². The molecule has 1 fully saturated rings. The molecular formula is C20H32N2O3. The number of ether oxygens (including phenoxy) is 2. The Labute approximate surface area is 151 Å². The Hall–Kier alpha value is -1.75. The molecule has 140 valence electrons. The van der Waals surface area contributed by atoms with Gasteiger partial charge in [0.2, 0.25) is 5.91 Å². The van der Waals surface area contributed by atoms with Crippen LogP contribution in [0.2, 0.25) is 0 Å². The van der Waals surface area contributed by atoms with Crippen LogP contribution in [0.25, 0.3) is 0 Å². The number of methoxy groups -OCH3 is 2. The molecule has 1 saturated carbocycles. The summed E-state index contributed by atoms with van der Waals surface area (Å²) in [5, 5.41) is 3.21. The smallest absolute Gasteiger partial charge is 0.234 e. The van der Waals surface area contributed by atoms with Crippen molar-refractivity contribution in [1.29, 1.82) is 0 Å². The van der Waals surface area contributed by atoms with Gasteiger partial charge in [0.05, 0.1) is 20.8 Å². The first-order valence-corrected chi connectivity index (χ1v) is 9.22. The van der Waals surface area contributed by atoms with Gasteiger partial charge in [-0.15, -0.1) is 0 Å². The lowest BCUT2D eigenvalue weighted by Crippen LogP contribution is -2.45. The summed E-state index contributed by atoms with van der Waals surface area (Å²) in [5.41, 5.74) is 1.17. The normalized spacial score (nSPS) is 20.4. The van der Waals surface area contributed by atoms with E-state index in [2.05, 4.69) is 17.1 Å². The molecule has 0 aliphatic heterocycles. The average Bonchev–Trinajstić information content (AvgIpc) is 2.61. The van der Waals surface area contributed by atoms with Crippen molar-refractivity contribution < 1.29 is 14.3 Å². The van der Waals surface area contributed by atoms with Crippen molar-refractivity contribution in [2.24, 2.45) is 5.92 Å². The Morgan fingerprint density at radius 1 is 1.20 bits per heavy atom. The van der Waals surface area contributed by atoms with Crippen LogP contribution in [-0.4, -0.2) is 51.2 Å². The van der Waals surface area contributed by atoms with Gasteiger partial charge in [-0.2, -0.15) is 0 Å². The monoisotopic (exact) mass is 348 g/mol. The maximum atomic E-state index is 12.3. The van der Waals surface area contributed by atoms with Crippen molar-refractivity contribution >= 4 is 5.91 Å². The first kappa shape index (κ1) is 19.6. The predicted molar refractivity (Wildman–Crippen MR) is 100 cm³/mol. The molecule has 1 aromatic carbocycles. The van der Waals surface area contributed by atoms with Crippen molar-refractivity contribution in [1.82, 2.24) is 10.2 Å². The van der Waals surface area contributed by atoms with Crippen LogP contribution in [0.4, 0.5) is 0 Å². The fraction of sp³-hybridized carbons (Fsp3) is 0.650. The minimum Gasteiger partial charge on any atom is -0.493 e. The summed E-state index contributed by atoms with van der Waals surface area (Å²) < 4.78 is 10.6. The lowest BCUT2D eigenvalue weighted by molar-refractivity contribution is -0.123. The summed E-state index contributed by atoms with van der Waals surface area (Å²) in [4.78, 5) is 14.3. The molecule has 0 heterocycles. The van der Waals surface area contributed by atoms with Crippen molar-refractivity contribution in [3.63, 3.8) is 0 Å². The molecule has 25 heavy (non-hydrogen) atoms. The Kier molecular flexibility index (Phi) is 7.56. The van der Waals surface area contributed by atoms with Crippen molar-refractivity contribution in [2.45, 2.75) is 45.1 Å². The molecule has 1 aliphatic rings. The van der Waals surface area contributed by atoms with E-state index in [9.17, 15) is 4.79 Å². The number of benzene rings is 1. The van der Waals surface area contributed by atoms with Crippen LogP contribution < -0.4 is 14.8 Å². The number of nitrogens with one attached hydrogen (secondary N) is 1. The van der Waals surface area contributed by atoms with Crippen molar-refractivity contribution in [3.05, 3.63) is 23.8 Å². The van der Waals surface area contributed by atoms with Crippen LogP contribution in [0.1, 0.15) is 38.2 Å². The third-order valence-electron chi connectivity index (χ3n) is 5.10. The molecule has 1 N–H and O–H groups in total. The highest BCUT2D eigenvalue weighted by Gasteiger charge is 2.23. The SMILES string of the molecule is COc1ccc(CCN(C)CC(=O)N[C@@H]2CCCC[C@H]2C)cc1OC. The highest BCUT2D eigenvalue weighted by molar-refractivity contribution is 5.78. The molecule has 0 saturated heterocycles. The Balaban J connectivity index is 1.78. The zero-order valence-electron chi connectivity index (χ0n) is 16.0. The summed E-state index contributed by atoms with van der Waals surface area (Å²) in [6, 6.07) is 6.31. The van der Waals surface area contributed by atoms with E-state index >= 15 is 0 Å². The maximum Gasteiger partial charge on any atom is 0.234 e. The van der Waals surface area contributed by atoms with Gasteiger partial charge in [-0.1, -0.05) is 25.8 Å². The number of hydrogen-bond acceptors (Lipinski definition) is 4. The summed E-state index contributed by atoms with van der Waals surface area (Å²) >= 11 is 0. The van der Waals surface area contributed by atoms with Gasteiger partial charge in [-0.05, 0) is 49.9 Å². The molecule has 1 aromatic rings. The minimum absolute atomic E-state index is 0.133. The molecule has 1 aliphatic carbocycles. The molecule has 2 rings (SSSR count). The van der Waals surface area contributed by atoms with E-state index in [1.165, 1.54) is 24.8 Å². The molecule has 0 radical (unpaired) electrons. The summed E-state index contributed by atoms with van der Waals surface area (Å²) in [5.74, 6) is 2.20. The number of nitrogens with zero attached hydrogens (tertiary/aromatic N) is 1. The fourth-order valence-corrected chi connectivity index (χ4v) is 3.46. The van der Waals surface area contributed by atoms with Crippen molar-refractivity contribution in [2.75, 3.05) is 34.4 Å². The van der Waals surface area contributed by atoms with E-state index in [1.54, 1.807) is 14.2 Å². The second-order valence-corrected chi connectivity index (χ2v) is 7.11. The molecule has 0 spiro atoms. The van der Waals surface area contributed by atoms with Crippen LogP contribution in [-0.2, 0) is 11.2 Å². The van der Waals surface area contributed by atoms with Gasteiger partial charge >= 0.3 is 0 Å². The zero-order valence-corrected chi connectivity index (χ0v) is 16.0. The minimum atomic E-state index is 0.133. The summed E-state index contributed by atoms with van der Waals surface area (Å²) in [7, 11) is 5.27. The molecule has 0 aromatic heterocycles. The topological polar surface area (TPSA) is 50.8 Å². The molecule has 5 nitrogen and oxygen atoms in total. The summed E-state index contributed by atoms with van der Waals surface area (Å²) in [6.45, 7) is 3.50. The molecule has 0 unspecified atom stereocenters. The number of rotatable bonds is 8. The van der Waals surface area contributed by atoms with Gasteiger partial charge in [0.25, 0.3) is 0 Å². The quantitative estimate of drug-likeness (QED) is 0.785. The molecule has 1 amide bonds. The Bertz CT molecular complexity index is 562. The lowest BCUT2D eigenvalue weighted by Gasteiger charge is -2.30. The first-order valence-electron chi connectivity index (χ1n) is 9.22. The van der Waals surface area contributed by atoms with Gasteiger partial charge in [-0.25, -0.2) is 0 Å². The van der Waals surface area contributed by atoms with Gasteiger partial charge in [0.1, 0.15) is 0 Å². The van der Waals surface area contributed by atoms with Crippen LogP contribution in [0, 0.1) is 5.92 Å². The predicted octanol–water partition coefficient (Wildman–Crippen LogP) is 2.87. The summed E-state index contributed by atoms with van der Waals surface area (Å²) in [6.07, 6.45) is 5.72. The van der Waals surface area contributed by atoms with Crippen LogP contribution in [0.5, 0.6) is 11.5 Å². The molecule has 0 bridgehead atoms. The highest BCUT2D eigenvalue weighted by atomic mass is 16.5. The fourth-order valence-electron chi connectivity index (χ4n) is 3.46. The third-order valence-corrected chi connectivity index (χ3v) is 5.10. The molecule has 5 heteroatoms. The molecular weight excluding hydrogens is 316 g/mol. The third kappa shape index (κ3) is 5.92. The van der Waals surface area contributed by atoms with E-state index in [1.807, 2.05) is 25.2 Å². The average molecular weight is 348 g/mol. The van der Waals surface area contributed by atoms with E-state index in [0.717, 1.165) is 30.9 Å². The number of carbonyl (C=O) groups is 1. The number of likely N-dealkylation sites (N-methyl/N-ethyl adjacent to an activating group) is 1. The van der Waals surface area contributed by atoms with E-state index in [4.69, 9.17) is 9.47 Å².